The van der Waals surface area contributed by atoms with Gasteiger partial charge in [-0.15, -0.1) is 0 Å². The summed E-state index contributed by atoms with van der Waals surface area (Å²) in [5.41, 5.74) is 0. The zero-order valence-electron chi connectivity index (χ0n) is 14.6. The molecule has 134 valence electrons. The van der Waals surface area contributed by atoms with Crippen LogP contribution in [0.3, 0.4) is 0 Å². The topological polar surface area (TPSA) is 76.1 Å². The minimum absolute atomic E-state index is 0.287. The van der Waals surface area contributed by atoms with Crippen LogP contribution in [0.2, 0.25) is 0 Å². The van der Waals surface area contributed by atoms with E-state index in [0.29, 0.717) is 25.9 Å². The second-order valence-corrected chi connectivity index (χ2v) is 6.42. The number of carboxylic acids is 1. The van der Waals surface area contributed by atoms with Crippen molar-refractivity contribution in [2.75, 3.05) is 6.61 Å². The Morgan fingerprint density at radius 3 is 2.65 bits per heavy atom. The van der Waals surface area contributed by atoms with Crippen LogP contribution in [0.1, 0.15) is 65.7 Å². The van der Waals surface area contributed by atoms with Gasteiger partial charge in [0.1, 0.15) is 0 Å². The summed E-state index contributed by atoms with van der Waals surface area (Å²) in [7, 11) is 0. The van der Waals surface area contributed by atoms with E-state index >= 15 is 0 Å². The summed E-state index contributed by atoms with van der Waals surface area (Å²) in [4.78, 5) is 29.0. The lowest BCUT2D eigenvalue weighted by molar-refractivity contribution is -0.290. The maximum atomic E-state index is 11.8. The van der Waals surface area contributed by atoms with Gasteiger partial charge in [0.25, 0.3) is 0 Å². The predicted octanol–water partition coefficient (Wildman–Crippen LogP) is 3.21. The Morgan fingerprint density at radius 1 is 1.43 bits per heavy atom. The summed E-state index contributed by atoms with van der Waals surface area (Å²) < 4.78 is 5.51. The molecule has 0 spiro atoms. The molecular weight excluding hydrogens is 298 g/mol. The molecule has 0 aromatic carbocycles. The molecule has 6 heteroatoms. The van der Waals surface area contributed by atoms with Crippen molar-refractivity contribution in [3.63, 3.8) is 0 Å². The average Bonchev–Trinajstić information content (AvgIpc) is 2.56. The zero-order valence-corrected chi connectivity index (χ0v) is 14.6. The molecule has 0 aromatic heterocycles. The Hall–Kier alpha value is -1.14. The fourth-order valence-electron chi connectivity index (χ4n) is 2.94. The highest BCUT2D eigenvalue weighted by molar-refractivity contribution is 5.71. The first kappa shape index (κ1) is 19.9. The molecule has 0 saturated carbocycles. The minimum Gasteiger partial charge on any atom is -0.481 e. The van der Waals surface area contributed by atoms with Crippen LogP contribution in [0.25, 0.3) is 0 Å². The number of amides is 1. The van der Waals surface area contributed by atoms with Crippen LogP contribution in [0.4, 0.5) is 0 Å². The first-order chi connectivity index (χ1) is 11.0. The predicted molar refractivity (Wildman–Crippen MR) is 86.5 cm³/mol. The van der Waals surface area contributed by atoms with E-state index in [1.54, 1.807) is 0 Å². The van der Waals surface area contributed by atoms with Crippen molar-refractivity contribution < 1.29 is 24.3 Å². The Kier molecular flexibility index (Phi) is 9.17. The van der Waals surface area contributed by atoms with Gasteiger partial charge in [0.2, 0.25) is 6.41 Å². The van der Waals surface area contributed by atoms with Crippen LogP contribution >= 0.6 is 0 Å². The van der Waals surface area contributed by atoms with Crippen LogP contribution in [0.5, 0.6) is 0 Å². The van der Waals surface area contributed by atoms with Crippen LogP contribution in [-0.2, 0) is 19.2 Å². The second kappa shape index (κ2) is 10.6. The first-order valence-corrected chi connectivity index (χ1v) is 8.78. The fourth-order valence-corrected chi connectivity index (χ4v) is 2.94. The number of rotatable bonds is 11. The molecule has 0 aliphatic carbocycles. The maximum Gasteiger partial charge on any atom is 0.308 e. The summed E-state index contributed by atoms with van der Waals surface area (Å²) in [6.45, 7) is 6.68. The zero-order chi connectivity index (χ0) is 17.2. The quantitative estimate of drug-likeness (QED) is 0.465. The van der Waals surface area contributed by atoms with Crippen molar-refractivity contribution in [3.8, 4) is 0 Å². The Bertz CT molecular complexity index is 357. The average molecular weight is 329 g/mol. The van der Waals surface area contributed by atoms with Crippen LogP contribution in [0, 0.1) is 11.8 Å². The summed E-state index contributed by atoms with van der Waals surface area (Å²) in [6.07, 6.45) is 5.69. The molecule has 1 heterocycles. The molecule has 3 unspecified atom stereocenters. The van der Waals surface area contributed by atoms with Gasteiger partial charge in [-0.2, -0.15) is 0 Å². The van der Waals surface area contributed by atoms with Crippen molar-refractivity contribution >= 4 is 12.4 Å². The van der Waals surface area contributed by atoms with Crippen molar-refractivity contribution in [1.29, 1.82) is 0 Å². The molecule has 1 aliphatic rings. The molecule has 1 aliphatic heterocycles. The third-order valence-corrected chi connectivity index (χ3v) is 4.53. The standard InChI is InChI=1S/C17H31NO5/c1-4-8-15(14(17(20)21)11-13(3)5-2)18(12-19)23-16-9-6-7-10-22-16/h12-16H,4-11H2,1-3H3,(H,20,21)/t13?,14?,15-,16?/m0/s1. The van der Waals surface area contributed by atoms with E-state index in [1.807, 2.05) is 20.8 Å². The van der Waals surface area contributed by atoms with Crippen LogP contribution in [-0.4, -0.2) is 41.5 Å². The van der Waals surface area contributed by atoms with Gasteiger partial charge in [-0.3, -0.25) is 9.59 Å². The largest absolute Gasteiger partial charge is 0.481 e. The van der Waals surface area contributed by atoms with Gasteiger partial charge in [-0.25, -0.2) is 9.90 Å². The van der Waals surface area contributed by atoms with Gasteiger partial charge in [0.05, 0.1) is 12.0 Å². The molecule has 1 saturated heterocycles. The molecule has 1 N–H and O–H groups in total. The van der Waals surface area contributed by atoms with Gasteiger partial charge in [0, 0.05) is 13.0 Å². The van der Waals surface area contributed by atoms with E-state index < -0.39 is 24.2 Å². The number of aliphatic carboxylic acids is 1. The number of carbonyl (C=O) groups excluding carboxylic acids is 1. The number of hydrogen-bond acceptors (Lipinski definition) is 4. The van der Waals surface area contributed by atoms with Crippen molar-refractivity contribution in [2.24, 2.45) is 11.8 Å². The van der Waals surface area contributed by atoms with E-state index in [9.17, 15) is 14.7 Å². The summed E-state index contributed by atoms with van der Waals surface area (Å²) in [5, 5.41) is 10.8. The number of ether oxygens (including phenoxy) is 1. The van der Waals surface area contributed by atoms with Gasteiger partial charge >= 0.3 is 5.97 Å². The monoisotopic (exact) mass is 329 g/mol. The van der Waals surface area contributed by atoms with Crippen molar-refractivity contribution in [3.05, 3.63) is 0 Å². The molecule has 1 rings (SSSR count). The maximum absolute atomic E-state index is 11.8. The van der Waals surface area contributed by atoms with E-state index in [1.165, 1.54) is 5.06 Å². The normalized spacial score (nSPS) is 22.1. The third kappa shape index (κ3) is 6.47. The highest BCUT2D eigenvalue weighted by atomic mass is 16.8. The molecule has 4 atom stereocenters. The SMILES string of the molecule is CCC[C@@H](C(CC(C)CC)C(=O)O)N(C=O)OC1CCCCO1. The molecule has 23 heavy (non-hydrogen) atoms. The number of nitrogens with zero attached hydrogens (tertiary/aromatic N) is 1. The summed E-state index contributed by atoms with van der Waals surface area (Å²) in [6, 6.07) is -0.463. The molecule has 0 bridgehead atoms. The number of hydroxylamine groups is 2. The Morgan fingerprint density at radius 2 is 2.17 bits per heavy atom. The Balaban J connectivity index is 2.83. The highest BCUT2D eigenvalue weighted by Gasteiger charge is 2.35. The number of carbonyl (C=O) groups is 2. The highest BCUT2D eigenvalue weighted by Crippen LogP contribution is 2.26. The van der Waals surface area contributed by atoms with Gasteiger partial charge in [0.15, 0.2) is 6.29 Å². The first-order valence-electron chi connectivity index (χ1n) is 8.78. The lowest BCUT2D eigenvalue weighted by Gasteiger charge is -2.35. The van der Waals surface area contributed by atoms with Gasteiger partial charge in [-0.05, 0) is 31.6 Å². The lowest BCUT2D eigenvalue weighted by Crippen LogP contribution is -2.46. The van der Waals surface area contributed by atoms with Gasteiger partial charge in [-0.1, -0.05) is 33.6 Å². The molecule has 0 aromatic rings. The fraction of sp³-hybridized carbons (Fsp3) is 0.882. The molecule has 1 amide bonds. The van der Waals surface area contributed by atoms with Crippen LogP contribution < -0.4 is 0 Å². The smallest absolute Gasteiger partial charge is 0.308 e. The Labute approximate surface area is 139 Å². The summed E-state index contributed by atoms with van der Waals surface area (Å²) >= 11 is 0. The minimum atomic E-state index is -0.872. The number of carboxylic acid groups (broad SMARTS) is 1. The lowest BCUT2D eigenvalue weighted by atomic mass is 9.86. The van der Waals surface area contributed by atoms with E-state index in [4.69, 9.17) is 9.57 Å². The van der Waals surface area contributed by atoms with Crippen LogP contribution in [0.15, 0.2) is 0 Å². The number of hydrogen-bond donors (Lipinski definition) is 1. The van der Waals surface area contributed by atoms with Crippen molar-refractivity contribution in [2.45, 2.75) is 78.0 Å². The van der Waals surface area contributed by atoms with Gasteiger partial charge < -0.3 is 9.84 Å². The van der Waals surface area contributed by atoms with E-state index in [0.717, 1.165) is 32.1 Å². The van der Waals surface area contributed by atoms with Crippen molar-refractivity contribution in [1.82, 2.24) is 5.06 Å². The second-order valence-electron chi connectivity index (χ2n) is 6.42. The third-order valence-electron chi connectivity index (χ3n) is 4.53. The molecule has 6 nitrogen and oxygen atoms in total. The molecule has 1 fully saturated rings. The van der Waals surface area contributed by atoms with E-state index in [2.05, 4.69) is 0 Å². The molecular formula is C17H31NO5. The van der Waals surface area contributed by atoms with E-state index in [-0.39, 0.29) is 5.92 Å². The summed E-state index contributed by atoms with van der Waals surface area (Å²) in [5.74, 6) is -1.21. The molecule has 0 radical (unpaired) electrons.